The molecule has 0 amide bonds. The summed E-state index contributed by atoms with van der Waals surface area (Å²) in [5, 5.41) is 17.6. The topological polar surface area (TPSA) is 57.5 Å². The summed E-state index contributed by atoms with van der Waals surface area (Å²) in [4.78, 5) is 10.7. The molecule has 0 fully saturated rings. The van der Waals surface area contributed by atoms with Gasteiger partial charge in [-0.25, -0.2) is 4.79 Å². The van der Waals surface area contributed by atoms with Gasteiger partial charge in [0.2, 0.25) is 0 Å². The van der Waals surface area contributed by atoms with Crippen LogP contribution in [-0.4, -0.2) is 21.0 Å². The molecule has 11 heavy (non-hydrogen) atoms. The standard InChI is InChI=1S/C7H6O3S/c8-6-4(7(9)10)2-1-3-5(6)11/h1-2,8H,3H2,(H,9,10). The Bertz CT molecular complexity index is 275. The number of allylic oxidation sites excluding steroid dienone is 2. The second kappa shape index (κ2) is 2.84. The summed E-state index contributed by atoms with van der Waals surface area (Å²) in [5.74, 6) is -1.43. The molecule has 0 aromatic rings. The van der Waals surface area contributed by atoms with Gasteiger partial charge in [0.1, 0.15) is 11.3 Å². The highest BCUT2D eigenvalue weighted by atomic mass is 32.1. The normalized spacial score (nSPS) is 17.3. The van der Waals surface area contributed by atoms with Gasteiger partial charge in [0, 0.05) is 6.42 Å². The lowest BCUT2D eigenvalue weighted by molar-refractivity contribution is -0.132. The molecule has 1 rings (SSSR count). The number of aliphatic hydroxyl groups is 1. The molecule has 3 nitrogen and oxygen atoms in total. The quantitative estimate of drug-likeness (QED) is 0.581. The van der Waals surface area contributed by atoms with Crippen LogP contribution < -0.4 is 0 Å². The molecule has 0 aromatic heterocycles. The third-order valence-electron chi connectivity index (χ3n) is 1.34. The van der Waals surface area contributed by atoms with E-state index in [9.17, 15) is 4.79 Å². The van der Waals surface area contributed by atoms with Crippen molar-refractivity contribution in [1.82, 2.24) is 0 Å². The van der Waals surface area contributed by atoms with Crippen molar-refractivity contribution in [3.8, 4) is 0 Å². The van der Waals surface area contributed by atoms with E-state index in [4.69, 9.17) is 22.4 Å². The van der Waals surface area contributed by atoms with Crippen LogP contribution >= 0.6 is 12.2 Å². The van der Waals surface area contributed by atoms with Crippen LogP contribution in [0.2, 0.25) is 0 Å². The van der Waals surface area contributed by atoms with E-state index in [0.717, 1.165) is 0 Å². The molecule has 0 atom stereocenters. The van der Waals surface area contributed by atoms with Crippen molar-refractivity contribution in [1.29, 1.82) is 0 Å². The number of rotatable bonds is 1. The summed E-state index contributed by atoms with van der Waals surface area (Å²) in [6.07, 6.45) is 3.41. The highest BCUT2D eigenvalue weighted by Gasteiger charge is 2.16. The fraction of sp³-hybridized carbons (Fsp3) is 0.143. The molecule has 58 valence electrons. The highest BCUT2D eigenvalue weighted by molar-refractivity contribution is 7.80. The fourth-order valence-electron chi connectivity index (χ4n) is 0.782. The molecule has 4 heteroatoms. The van der Waals surface area contributed by atoms with Gasteiger partial charge in [-0.2, -0.15) is 0 Å². The summed E-state index contributed by atoms with van der Waals surface area (Å²) in [7, 11) is 0. The predicted molar refractivity (Wildman–Crippen MR) is 43.6 cm³/mol. The zero-order chi connectivity index (χ0) is 8.43. The van der Waals surface area contributed by atoms with Crippen LogP contribution in [0.4, 0.5) is 0 Å². The van der Waals surface area contributed by atoms with Gasteiger partial charge < -0.3 is 10.2 Å². The molecule has 0 heterocycles. The van der Waals surface area contributed by atoms with Crippen molar-refractivity contribution in [2.75, 3.05) is 0 Å². The van der Waals surface area contributed by atoms with Gasteiger partial charge in [-0.1, -0.05) is 18.3 Å². The number of thiocarbonyl (C=S) groups is 1. The Morgan fingerprint density at radius 2 is 2.27 bits per heavy atom. The smallest absolute Gasteiger partial charge is 0.339 e. The fourth-order valence-corrected chi connectivity index (χ4v) is 0.988. The second-order valence-electron chi connectivity index (χ2n) is 2.10. The Hall–Kier alpha value is -1.16. The van der Waals surface area contributed by atoms with Gasteiger partial charge in [-0.15, -0.1) is 0 Å². The van der Waals surface area contributed by atoms with Crippen molar-refractivity contribution >= 4 is 23.1 Å². The van der Waals surface area contributed by atoms with Gasteiger partial charge in [0.15, 0.2) is 0 Å². The van der Waals surface area contributed by atoms with E-state index in [1.807, 2.05) is 0 Å². The van der Waals surface area contributed by atoms with E-state index >= 15 is 0 Å². The van der Waals surface area contributed by atoms with Crippen LogP contribution in [0.15, 0.2) is 23.5 Å². The van der Waals surface area contributed by atoms with Gasteiger partial charge >= 0.3 is 5.97 Å². The number of carboxylic acids is 1. The molecule has 0 unspecified atom stereocenters. The van der Waals surface area contributed by atoms with E-state index in [1.54, 1.807) is 6.08 Å². The van der Waals surface area contributed by atoms with Crippen molar-refractivity contribution < 1.29 is 15.0 Å². The van der Waals surface area contributed by atoms with Gasteiger partial charge in [-0.3, -0.25) is 0 Å². The summed E-state index contributed by atoms with van der Waals surface area (Å²) < 4.78 is 0. The van der Waals surface area contributed by atoms with Crippen molar-refractivity contribution in [2.24, 2.45) is 0 Å². The monoisotopic (exact) mass is 170 g/mol. The first-order chi connectivity index (χ1) is 5.13. The molecule has 1 aliphatic carbocycles. The number of aliphatic hydroxyl groups excluding tert-OH is 1. The Labute approximate surface area is 68.7 Å². The molecular weight excluding hydrogens is 164 g/mol. The number of hydrogen-bond acceptors (Lipinski definition) is 3. The zero-order valence-electron chi connectivity index (χ0n) is 5.57. The van der Waals surface area contributed by atoms with Crippen LogP contribution in [0.3, 0.4) is 0 Å². The summed E-state index contributed by atoms with van der Waals surface area (Å²) in [5.41, 5.74) is -0.124. The van der Waals surface area contributed by atoms with E-state index in [-0.39, 0.29) is 16.2 Å². The molecule has 0 aromatic carbocycles. The van der Waals surface area contributed by atoms with Gasteiger partial charge in [0.05, 0.1) is 4.86 Å². The van der Waals surface area contributed by atoms with E-state index in [2.05, 4.69) is 0 Å². The van der Waals surface area contributed by atoms with Gasteiger partial charge in [0.25, 0.3) is 0 Å². The summed E-state index contributed by atoms with van der Waals surface area (Å²) in [6.45, 7) is 0. The maximum absolute atomic E-state index is 10.4. The maximum Gasteiger partial charge on any atom is 0.339 e. The number of carboxylic acid groups (broad SMARTS) is 1. The average molecular weight is 170 g/mol. The van der Waals surface area contributed by atoms with Crippen LogP contribution in [0.5, 0.6) is 0 Å². The maximum atomic E-state index is 10.4. The summed E-state index contributed by atoms with van der Waals surface area (Å²) >= 11 is 4.70. The first-order valence-corrected chi connectivity index (χ1v) is 3.40. The minimum Gasteiger partial charge on any atom is -0.506 e. The predicted octanol–water partition coefficient (Wildman–Crippen LogP) is 1.21. The van der Waals surface area contributed by atoms with E-state index < -0.39 is 5.97 Å². The van der Waals surface area contributed by atoms with Crippen LogP contribution in [-0.2, 0) is 4.79 Å². The second-order valence-corrected chi connectivity index (χ2v) is 2.59. The molecule has 2 N–H and O–H groups in total. The SMILES string of the molecule is O=C(O)C1=C(O)C(=S)CC=C1. The van der Waals surface area contributed by atoms with Crippen molar-refractivity contribution in [3.05, 3.63) is 23.5 Å². The number of hydrogen-bond donors (Lipinski definition) is 2. The first kappa shape index (κ1) is 7.94. The molecular formula is C7H6O3S. The van der Waals surface area contributed by atoms with Crippen molar-refractivity contribution in [3.63, 3.8) is 0 Å². The Balaban J connectivity index is 3.08. The third-order valence-corrected chi connectivity index (χ3v) is 1.70. The van der Waals surface area contributed by atoms with Crippen LogP contribution in [0, 0.1) is 0 Å². The van der Waals surface area contributed by atoms with Crippen LogP contribution in [0.25, 0.3) is 0 Å². The largest absolute Gasteiger partial charge is 0.506 e. The minimum atomic E-state index is -1.15. The van der Waals surface area contributed by atoms with Crippen molar-refractivity contribution in [2.45, 2.75) is 6.42 Å². The van der Waals surface area contributed by atoms with Gasteiger partial charge in [-0.05, 0) is 6.08 Å². The highest BCUT2D eigenvalue weighted by Crippen LogP contribution is 2.14. The Kier molecular flexibility index (Phi) is 2.05. The lowest BCUT2D eigenvalue weighted by Crippen LogP contribution is -2.11. The summed E-state index contributed by atoms with van der Waals surface area (Å²) in [6, 6.07) is 0. The lowest BCUT2D eigenvalue weighted by atomic mass is 10.1. The minimum absolute atomic E-state index is 0.124. The lowest BCUT2D eigenvalue weighted by Gasteiger charge is -2.07. The molecule has 1 aliphatic rings. The Morgan fingerprint density at radius 3 is 2.73 bits per heavy atom. The molecule has 0 aliphatic heterocycles. The molecule has 0 spiro atoms. The van der Waals surface area contributed by atoms with E-state index in [1.165, 1.54) is 6.08 Å². The van der Waals surface area contributed by atoms with E-state index in [0.29, 0.717) is 6.42 Å². The Morgan fingerprint density at radius 1 is 1.64 bits per heavy atom. The number of aliphatic carboxylic acids is 1. The molecule has 0 radical (unpaired) electrons. The first-order valence-electron chi connectivity index (χ1n) is 2.99. The molecule has 0 bridgehead atoms. The molecule has 0 saturated carbocycles. The number of carbonyl (C=O) groups is 1. The third kappa shape index (κ3) is 1.46. The average Bonchev–Trinajstić information content (AvgIpc) is 1.94. The zero-order valence-corrected chi connectivity index (χ0v) is 6.39. The van der Waals surface area contributed by atoms with Crippen LogP contribution in [0.1, 0.15) is 6.42 Å². The molecule has 0 saturated heterocycles.